The van der Waals surface area contributed by atoms with Crippen LogP contribution in [0.2, 0.25) is 0 Å². The molecular weight excluding hydrogens is 666 g/mol. The maximum absolute atomic E-state index is 3.64. The molecule has 0 radical (unpaired) electrons. The summed E-state index contributed by atoms with van der Waals surface area (Å²) >= 11 is 7.28. The maximum Gasteiger partial charge on any atom is 0.0543 e. The van der Waals surface area contributed by atoms with Crippen LogP contribution in [0.4, 0.5) is 17.1 Å². The molecule has 0 amide bonds. The zero-order valence-electron chi connectivity index (χ0n) is 25.6. The molecule has 0 fully saturated rings. The van der Waals surface area contributed by atoms with E-state index in [0.717, 1.165) is 33.2 Å². The van der Waals surface area contributed by atoms with Crippen molar-refractivity contribution >= 4 is 59.7 Å². The van der Waals surface area contributed by atoms with Crippen LogP contribution >= 0.6 is 31.9 Å². The summed E-state index contributed by atoms with van der Waals surface area (Å²) in [7, 11) is 0. The highest BCUT2D eigenvalue weighted by molar-refractivity contribution is 9.10. The van der Waals surface area contributed by atoms with Crippen LogP contribution in [-0.4, -0.2) is 0 Å². The van der Waals surface area contributed by atoms with Crippen LogP contribution in [0.1, 0.15) is 49.9 Å². The predicted octanol–water partition coefficient (Wildman–Crippen LogP) is 12.9. The Bertz CT molecular complexity index is 1980. The number of hydrogen-bond acceptors (Lipinski definition) is 1. The van der Waals surface area contributed by atoms with Crippen molar-refractivity contribution < 1.29 is 0 Å². The lowest BCUT2D eigenvalue weighted by molar-refractivity contribution is 0.660. The minimum absolute atomic E-state index is 0.0466. The van der Waals surface area contributed by atoms with Gasteiger partial charge in [-0.25, -0.2) is 0 Å². The predicted molar refractivity (Wildman–Crippen MR) is 196 cm³/mol. The molecule has 0 aromatic heterocycles. The Balaban J connectivity index is 1.51. The van der Waals surface area contributed by atoms with Crippen LogP contribution in [0.25, 0.3) is 33.0 Å². The van der Waals surface area contributed by atoms with E-state index >= 15 is 0 Å². The van der Waals surface area contributed by atoms with E-state index in [0.29, 0.717) is 0 Å². The number of benzene rings is 6. The fourth-order valence-corrected chi connectivity index (χ4v) is 7.65. The summed E-state index contributed by atoms with van der Waals surface area (Å²) in [6.45, 7) is 9.34. The molecule has 0 aliphatic heterocycles. The maximum atomic E-state index is 3.64. The van der Waals surface area contributed by atoms with Crippen molar-refractivity contribution in [2.45, 2.75) is 46.0 Å². The van der Waals surface area contributed by atoms with Gasteiger partial charge in [-0.15, -0.1) is 0 Å². The van der Waals surface area contributed by atoms with Gasteiger partial charge >= 0.3 is 0 Å². The van der Waals surface area contributed by atoms with Gasteiger partial charge in [0.05, 0.1) is 5.69 Å². The Morgan fingerprint density at radius 2 is 1.11 bits per heavy atom. The van der Waals surface area contributed by atoms with Crippen LogP contribution in [0.3, 0.4) is 0 Å². The zero-order valence-corrected chi connectivity index (χ0v) is 28.8. The molecule has 44 heavy (non-hydrogen) atoms. The van der Waals surface area contributed by atoms with Gasteiger partial charge in [0.1, 0.15) is 0 Å². The van der Waals surface area contributed by atoms with Crippen LogP contribution < -0.4 is 4.90 Å². The summed E-state index contributed by atoms with van der Waals surface area (Å²) in [6, 6.07) is 42.6. The monoisotopic (exact) mass is 699 g/mol. The van der Waals surface area contributed by atoms with Gasteiger partial charge < -0.3 is 4.90 Å². The molecule has 1 aliphatic carbocycles. The Kier molecular flexibility index (Phi) is 7.51. The molecule has 0 heterocycles. The second-order valence-electron chi connectivity index (χ2n) is 12.2. The first-order valence-corrected chi connectivity index (χ1v) is 17.0. The average Bonchev–Trinajstić information content (AvgIpc) is 3.27. The molecule has 6 aromatic carbocycles. The normalized spacial score (nSPS) is 13.1. The fraction of sp³-hybridized carbons (Fsp3) is 0.171. The second kappa shape index (κ2) is 11.4. The molecule has 0 N–H and O–H groups in total. The Morgan fingerprint density at radius 1 is 0.545 bits per heavy atom. The molecule has 1 aliphatic rings. The Labute approximate surface area is 277 Å². The van der Waals surface area contributed by atoms with Gasteiger partial charge in [-0.1, -0.05) is 114 Å². The molecule has 1 nitrogen and oxygen atoms in total. The molecule has 0 spiro atoms. The minimum Gasteiger partial charge on any atom is -0.310 e. The molecule has 218 valence electrons. The van der Waals surface area contributed by atoms with Crippen LogP contribution in [0.15, 0.2) is 124 Å². The standard InChI is InChI=1S/C41H35Br2N/c1-5-26-23-36-32-11-9-10-14-37(32)41(3,4)38(36)25-35(26)40-27(6-2)24-39(33-12-7-8-13-34(33)40)44(30-19-15-28(42)16-20-30)31-21-17-29(43)18-22-31/h7-25H,5-6H2,1-4H3. The average molecular weight is 702 g/mol. The van der Waals surface area contributed by atoms with Crippen LogP contribution in [0.5, 0.6) is 0 Å². The first-order valence-electron chi connectivity index (χ1n) is 15.4. The number of aryl methyl sites for hydroxylation is 2. The minimum atomic E-state index is -0.0466. The quantitative estimate of drug-likeness (QED) is 0.167. The third kappa shape index (κ3) is 4.73. The van der Waals surface area contributed by atoms with E-state index in [9.17, 15) is 0 Å². The third-order valence-corrected chi connectivity index (χ3v) is 10.4. The van der Waals surface area contributed by atoms with E-state index in [2.05, 4.69) is 180 Å². The molecule has 6 aromatic rings. The van der Waals surface area contributed by atoms with E-state index in [1.54, 1.807) is 0 Å². The van der Waals surface area contributed by atoms with Gasteiger partial charge in [0.2, 0.25) is 0 Å². The highest BCUT2D eigenvalue weighted by Gasteiger charge is 2.36. The highest BCUT2D eigenvalue weighted by atomic mass is 79.9. The van der Waals surface area contributed by atoms with E-state index in [4.69, 9.17) is 0 Å². The van der Waals surface area contributed by atoms with Gasteiger partial charge in [0, 0.05) is 31.1 Å². The molecule has 7 rings (SSSR count). The SMILES string of the molecule is CCc1cc2c(cc1-c1c(CC)cc(N(c3ccc(Br)cc3)c3ccc(Br)cc3)c3ccccc13)C(C)(C)c1ccccc1-2. The summed E-state index contributed by atoms with van der Waals surface area (Å²) in [5.41, 5.74) is 14.5. The number of anilines is 3. The van der Waals surface area contributed by atoms with Crippen LogP contribution in [0, 0.1) is 0 Å². The lowest BCUT2D eigenvalue weighted by Crippen LogP contribution is -2.15. The number of nitrogens with zero attached hydrogens (tertiary/aromatic N) is 1. The summed E-state index contributed by atoms with van der Waals surface area (Å²) in [6.07, 6.45) is 1.92. The van der Waals surface area contributed by atoms with Crippen molar-refractivity contribution in [3.63, 3.8) is 0 Å². The second-order valence-corrected chi connectivity index (χ2v) is 14.0. The highest BCUT2D eigenvalue weighted by Crippen LogP contribution is 2.52. The molecule has 0 unspecified atom stereocenters. The van der Waals surface area contributed by atoms with Gasteiger partial charge in [-0.2, -0.15) is 0 Å². The lowest BCUT2D eigenvalue weighted by atomic mass is 9.79. The Hall–Kier alpha value is -3.66. The molecular formula is C41H35Br2N. The summed E-state index contributed by atoms with van der Waals surface area (Å²) in [5.74, 6) is 0. The van der Waals surface area contributed by atoms with Crippen molar-refractivity contribution in [3.8, 4) is 22.3 Å². The number of rotatable bonds is 6. The topological polar surface area (TPSA) is 3.24 Å². The summed E-state index contributed by atoms with van der Waals surface area (Å²) < 4.78 is 2.14. The lowest BCUT2D eigenvalue weighted by Gasteiger charge is -2.29. The van der Waals surface area contributed by atoms with E-state index in [1.807, 2.05) is 0 Å². The van der Waals surface area contributed by atoms with E-state index < -0.39 is 0 Å². The van der Waals surface area contributed by atoms with Crippen molar-refractivity contribution in [2.24, 2.45) is 0 Å². The molecule has 0 saturated carbocycles. The first-order chi connectivity index (χ1) is 21.3. The van der Waals surface area contributed by atoms with Gasteiger partial charge in [0.25, 0.3) is 0 Å². The van der Waals surface area contributed by atoms with Crippen molar-refractivity contribution in [1.82, 2.24) is 0 Å². The van der Waals surface area contributed by atoms with E-state index in [1.165, 1.54) is 61.0 Å². The van der Waals surface area contributed by atoms with Crippen molar-refractivity contribution in [3.05, 3.63) is 146 Å². The summed E-state index contributed by atoms with van der Waals surface area (Å²) in [4.78, 5) is 2.40. The van der Waals surface area contributed by atoms with Gasteiger partial charge in [0.15, 0.2) is 0 Å². The first kappa shape index (κ1) is 29.1. The third-order valence-electron chi connectivity index (χ3n) is 9.35. The zero-order chi connectivity index (χ0) is 30.6. The summed E-state index contributed by atoms with van der Waals surface area (Å²) in [5, 5.41) is 2.54. The number of hydrogen-bond donors (Lipinski definition) is 0. The number of halogens is 2. The van der Waals surface area contributed by atoms with Gasteiger partial charge in [-0.05, 0) is 123 Å². The smallest absolute Gasteiger partial charge is 0.0543 e. The molecule has 0 bridgehead atoms. The number of fused-ring (bicyclic) bond motifs is 4. The molecule has 3 heteroatoms. The molecule has 0 atom stereocenters. The van der Waals surface area contributed by atoms with Gasteiger partial charge in [-0.3, -0.25) is 0 Å². The fourth-order valence-electron chi connectivity index (χ4n) is 7.12. The Morgan fingerprint density at radius 3 is 1.73 bits per heavy atom. The van der Waals surface area contributed by atoms with Crippen molar-refractivity contribution in [2.75, 3.05) is 4.90 Å². The molecule has 0 saturated heterocycles. The largest absolute Gasteiger partial charge is 0.310 e. The van der Waals surface area contributed by atoms with E-state index in [-0.39, 0.29) is 5.41 Å². The van der Waals surface area contributed by atoms with Crippen LogP contribution in [-0.2, 0) is 18.3 Å². The van der Waals surface area contributed by atoms with Crippen molar-refractivity contribution in [1.29, 1.82) is 0 Å².